The normalized spacial score (nSPS) is 16.8. The third-order valence-corrected chi connectivity index (χ3v) is 4.55. The van der Waals surface area contributed by atoms with Crippen LogP contribution >= 0.6 is 0 Å². The van der Waals surface area contributed by atoms with Crippen molar-refractivity contribution >= 4 is 11.0 Å². The molecule has 0 spiro atoms. The third-order valence-electron chi connectivity index (χ3n) is 4.55. The zero-order valence-corrected chi connectivity index (χ0v) is 14.3. The van der Waals surface area contributed by atoms with E-state index >= 15 is 0 Å². The van der Waals surface area contributed by atoms with Gasteiger partial charge in [0, 0.05) is 17.1 Å². The van der Waals surface area contributed by atoms with Crippen LogP contribution < -0.4 is 0 Å². The maximum atomic E-state index is 14.1. The van der Waals surface area contributed by atoms with Gasteiger partial charge in [-0.2, -0.15) is 5.10 Å². The number of hydrogen-bond acceptors (Lipinski definition) is 5. The van der Waals surface area contributed by atoms with Crippen molar-refractivity contribution in [3.05, 3.63) is 71.6 Å². The minimum atomic E-state index is -0.525. The van der Waals surface area contributed by atoms with E-state index in [9.17, 15) is 9.50 Å². The van der Waals surface area contributed by atoms with Gasteiger partial charge in [-0.25, -0.2) is 14.1 Å². The van der Waals surface area contributed by atoms with E-state index < -0.39 is 6.23 Å². The molecule has 1 aromatic carbocycles. The van der Waals surface area contributed by atoms with Crippen LogP contribution in [0.15, 0.2) is 54.6 Å². The topological polar surface area (TPSA) is 63.4 Å². The lowest BCUT2D eigenvalue weighted by molar-refractivity contribution is -0.00230. The number of halogens is 1. The monoisotopic (exact) mass is 354 g/mol. The first kappa shape index (κ1) is 16.5. The van der Waals surface area contributed by atoms with E-state index in [2.05, 4.69) is 10.1 Å². The third kappa shape index (κ3) is 2.70. The van der Waals surface area contributed by atoms with E-state index in [4.69, 9.17) is 4.74 Å². The lowest BCUT2D eigenvalue weighted by Crippen LogP contribution is -2.26. The van der Waals surface area contributed by atoms with Crippen LogP contribution in [0.25, 0.3) is 11.0 Å². The average molecular weight is 354 g/mol. The zero-order chi connectivity index (χ0) is 18.1. The van der Waals surface area contributed by atoms with E-state index in [1.807, 2.05) is 19.1 Å². The Morgan fingerprint density at radius 3 is 2.85 bits per heavy atom. The van der Waals surface area contributed by atoms with Gasteiger partial charge in [0.2, 0.25) is 6.23 Å². The summed E-state index contributed by atoms with van der Waals surface area (Å²) in [6.45, 7) is 2.09. The number of rotatable bonds is 5. The first-order valence-corrected chi connectivity index (χ1v) is 8.49. The lowest BCUT2D eigenvalue weighted by atomic mass is 10.2. The number of pyridine rings is 1. The summed E-state index contributed by atoms with van der Waals surface area (Å²) in [6.07, 6.45) is 3.55. The molecule has 1 unspecified atom stereocenters. The molecule has 0 bridgehead atoms. The number of benzene rings is 1. The number of aliphatic hydroxyl groups is 1. The molecule has 7 heteroatoms. The molecule has 2 aromatic heterocycles. The Hall–Kier alpha value is -2.93. The van der Waals surface area contributed by atoms with Gasteiger partial charge in [-0.15, -0.1) is 0 Å². The second kappa shape index (κ2) is 6.76. The summed E-state index contributed by atoms with van der Waals surface area (Å²) in [5, 5.41) is 15.2. The maximum Gasteiger partial charge on any atom is 0.219 e. The predicted octanol–water partition coefficient (Wildman–Crippen LogP) is 3.15. The quantitative estimate of drug-likeness (QED) is 0.763. The summed E-state index contributed by atoms with van der Waals surface area (Å²) in [7, 11) is 0. The second-order valence-electron chi connectivity index (χ2n) is 6.07. The highest BCUT2D eigenvalue weighted by atomic mass is 19.1. The van der Waals surface area contributed by atoms with Gasteiger partial charge in [-0.1, -0.05) is 25.1 Å². The van der Waals surface area contributed by atoms with E-state index in [1.54, 1.807) is 40.2 Å². The van der Waals surface area contributed by atoms with Crippen LogP contribution in [-0.4, -0.2) is 31.5 Å². The summed E-state index contributed by atoms with van der Waals surface area (Å²) in [6, 6.07) is 10.4. The van der Waals surface area contributed by atoms with Gasteiger partial charge in [0.05, 0.1) is 12.2 Å². The van der Waals surface area contributed by atoms with Crippen LogP contribution in [0.5, 0.6) is 0 Å². The Balaban J connectivity index is 1.77. The number of hydrogen-bond donors (Lipinski definition) is 1. The molecule has 1 atom stereocenters. The number of aromatic nitrogens is 3. The highest BCUT2D eigenvalue weighted by Crippen LogP contribution is 2.35. The molecule has 4 rings (SSSR count). The molecule has 0 fully saturated rings. The van der Waals surface area contributed by atoms with Crippen molar-refractivity contribution in [1.29, 1.82) is 0 Å². The van der Waals surface area contributed by atoms with E-state index in [0.29, 0.717) is 16.9 Å². The van der Waals surface area contributed by atoms with Crippen molar-refractivity contribution in [2.75, 3.05) is 6.73 Å². The van der Waals surface area contributed by atoms with Crippen molar-refractivity contribution in [1.82, 2.24) is 19.7 Å². The molecule has 1 aliphatic rings. The molecule has 6 nitrogen and oxygen atoms in total. The van der Waals surface area contributed by atoms with E-state index in [0.717, 1.165) is 17.5 Å². The summed E-state index contributed by atoms with van der Waals surface area (Å²) < 4.78 is 21.5. The van der Waals surface area contributed by atoms with Gasteiger partial charge < -0.3 is 14.7 Å². The minimum Gasteiger partial charge on any atom is -0.470 e. The van der Waals surface area contributed by atoms with Crippen LogP contribution in [0.1, 0.15) is 30.8 Å². The Morgan fingerprint density at radius 1 is 1.23 bits per heavy atom. The Morgan fingerprint density at radius 2 is 2.08 bits per heavy atom. The molecular weight excluding hydrogens is 335 g/mol. The van der Waals surface area contributed by atoms with Crippen molar-refractivity contribution in [3.8, 4) is 0 Å². The first-order valence-electron chi connectivity index (χ1n) is 8.49. The number of aliphatic hydroxyl groups excluding tert-OH is 1. The lowest BCUT2D eigenvalue weighted by Gasteiger charge is -2.23. The van der Waals surface area contributed by atoms with Gasteiger partial charge >= 0.3 is 0 Å². The molecule has 0 amide bonds. The Labute approximate surface area is 150 Å². The van der Waals surface area contributed by atoms with Crippen molar-refractivity contribution < 1.29 is 14.2 Å². The highest BCUT2D eigenvalue weighted by Gasteiger charge is 2.32. The second-order valence-corrected chi connectivity index (χ2v) is 6.07. The van der Waals surface area contributed by atoms with E-state index in [-0.39, 0.29) is 19.1 Å². The maximum absolute atomic E-state index is 14.1. The molecule has 0 radical (unpaired) electrons. The minimum absolute atomic E-state index is 0.174. The Bertz CT molecular complexity index is 969. The highest BCUT2D eigenvalue weighted by molar-refractivity contribution is 5.78. The van der Waals surface area contributed by atoms with Crippen molar-refractivity contribution in [3.63, 3.8) is 0 Å². The number of allylic oxidation sites excluding steroid dienone is 1. The fourth-order valence-electron chi connectivity index (χ4n) is 3.21. The average Bonchev–Trinajstić information content (AvgIpc) is 3.24. The predicted molar refractivity (Wildman–Crippen MR) is 94.2 cm³/mol. The van der Waals surface area contributed by atoms with Gasteiger partial charge in [-0.05, 0) is 24.6 Å². The standard InChI is InChI=1S/C19H19FN4O2/c1-2-14-11-26-19(23(14)12-25)17-15-7-5-9-21-18(15)24(22-17)10-13-6-3-4-8-16(13)20/h3-9,11,19,25H,2,10,12H2,1H3. The van der Waals surface area contributed by atoms with E-state index in [1.165, 1.54) is 6.07 Å². The summed E-state index contributed by atoms with van der Waals surface area (Å²) in [5.74, 6) is -0.280. The van der Waals surface area contributed by atoms with Gasteiger partial charge in [-0.3, -0.25) is 0 Å². The fraction of sp³-hybridized carbons (Fsp3) is 0.263. The van der Waals surface area contributed by atoms with Crippen LogP contribution in [0, 0.1) is 5.82 Å². The summed E-state index contributed by atoms with van der Waals surface area (Å²) in [4.78, 5) is 6.17. The van der Waals surface area contributed by atoms with Crippen molar-refractivity contribution in [2.45, 2.75) is 26.1 Å². The molecule has 0 saturated carbocycles. The fourth-order valence-corrected chi connectivity index (χ4v) is 3.21. The van der Waals surface area contributed by atoms with Crippen LogP contribution in [0.2, 0.25) is 0 Å². The molecule has 0 aliphatic carbocycles. The SMILES string of the molecule is CCC1=COC(c2nn(Cc3ccccc3F)c3ncccc23)N1CO. The van der Waals surface area contributed by atoms with Gasteiger partial charge in [0.25, 0.3) is 0 Å². The number of fused-ring (bicyclic) bond motifs is 1. The Kier molecular flexibility index (Phi) is 4.30. The largest absolute Gasteiger partial charge is 0.470 e. The molecular formula is C19H19FN4O2. The number of ether oxygens (including phenoxy) is 1. The van der Waals surface area contributed by atoms with Gasteiger partial charge in [0.1, 0.15) is 24.5 Å². The number of nitrogens with zero attached hydrogens (tertiary/aromatic N) is 4. The van der Waals surface area contributed by atoms with Gasteiger partial charge in [0.15, 0.2) is 5.65 Å². The molecule has 134 valence electrons. The van der Waals surface area contributed by atoms with Crippen molar-refractivity contribution in [2.24, 2.45) is 0 Å². The molecule has 1 N–H and O–H groups in total. The van der Waals surface area contributed by atoms with Crippen LogP contribution in [0.3, 0.4) is 0 Å². The zero-order valence-electron chi connectivity index (χ0n) is 14.3. The molecule has 0 saturated heterocycles. The molecule has 3 heterocycles. The smallest absolute Gasteiger partial charge is 0.219 e. The molecule has 3 aromatic rings. The summed E-state index contributed by atoms with van der Waals surface area (Å²) in [5.41, 5.74) is 2.74. The first-order chi connectivity index (χ1) is 12.7. The van der Waals surface area contributed by atoms with Crippen LogP contribution in [0.4, 0.5) is 4.39 Å². The molecule has 1 aliphatic heterocycles. The molecule has 26 heavy (non-hydrogen) atoms. The van der Waals surface area contributed by atoms with Crippen LogP contribution in [-0.2, 0) is 11.3 Å². The summed E-state index contributed by atoms with van der Waals surface area (Å²) >= 11 is 0.